The highest BCUT2D eigenvalue weighted by molar-refractivity contribution is 5.97. The van der Waals surface area contributed by atoms with Gasteiger partial charge in [-0.15, -0.1) is 0 Å². The molecule has 1 unspecified atom stereocenters. The highest BCUT2D eigenvalue weighted by Gasteiger charge is 2.22. The average Bonchev–Trinajstić information content (AvgIpc) is 2.29. The van der Waals surface area contributed by atoms with E-state index in [9.17, 15) is 4.79 Å². The summed E-state index contributed by atoms with van der Waals surface area (Å²) in [7, 11) is 0. The molecule has 1 amide bonds. The number of primary amides is 1. The highest BCUT2D eigenvalue weighted by atomic mass is 16.1. The molecular formula is C11H18N4O. The molecule has 16 heavy (non-hydrogen) atoms. The van der Waals surface area contributed by atoms with E-state index >= 15 is 0 Å². The van der Waals surface area contributed by atoms with Gasteiger partial charge in [-0.3, -0.25) is 4.79 Å². The summed E-state index contributed by atoms with van der Waals surface area (Å²) in [5.74, 6) is -0.00382. The van der Waals surface area contributed by atoms with E-state index in [0.29, 0.717) is 17.9 Å². The molecule has 0 fully saturated rings. The first-order valence-electron chi connectivity index (χ1n) is 5.25. The zero-order valence-electron chi connectivity index (χ0n) is 9.66. The Morgan fingerprint density at radius 2 is 2.31 bits per heavy atom. The minimum Gasteiger partial charge on any atom is -0.365 e. The molecule has 5 heteroatoms. The Morgan fingerprint density at radius 3 is 2.81 bits per heavy atom. The van der Waals surface area contributed by atoms with E-state index in [-0.39, 0.29) is 5.54 Å². The fourth-order valence-corrected chi connectivity index (χ4v) is 1.27. The Bertz CT molecular complexity index is 374. The summed E-state index contributed by atoms with van der Waals surface area (Å²) >= 11 is 0. The maximum absolute atomic E-state index is 11.2. The van der Waals surface area contributed by atoms with Gasteiger partial charge in [0.05, 0.1) is 5.56 Å². The largest absolute Gasteiger partial charge is 0.365 e. The van der Waals surface area contributed by atoms with Gasteiger partial charge in [0.15, 0.2) is 0 Å². The van der Waals surface area contributed by atoms with Crippen molar-refractivity contribution in [3.05, 3.63) is 23.9 Å². The molecule has 0 saturated carbocycles. The van der Waals surface area contributed by atoms with Gasteiger partial charge < -0.3 is 16.8 Å². The summed E-state index contributed by atoms with van der Waals surface area (Å²) in [5.41, 5.74) is 11.1. The third-order valence-corrected chi connectivity index (χ3v) is 2.72. The molecule has 1 heterocycles. The Morgan fingerprint density at radius 1 is 1.62 bits per heavy atom. The summed E-state index contributed by atoms with van der Waals surface area (Å²) < 4.78 is 0. The van der Waals surface area contributed by atoms with Crippen LogP contribution in [0.4, 0.5) is 5.82 Å². The first kappa shape index (κ1) is 12.4. The quantitative estimate of drug-likeness (QED) is 0.684. The molecule has 0 saturated heterocycles. The fraction of sp³-hybridized carbons (Fsp3) is 0.455. The number of rotatable bonds is 5. The molecule has 1 rings (SSSR count). The van der Waals surface area contributed by atoms with Crippen LogP contribution >= 0.6 is 0 Å². The van der Waals surface area contributed by atoms with E-state index in [4.69, 9.17) is 11.5 Å². The van der Waals surface area contributed by atoms with Crippen molar-refractivity contribution in [1.82, 2.24) is 4.98 Å². The van der Waals surface area contributed by atoms with Crippen molar-refractivity contribution < 1.29 is 4.79 Å². The van der Waals surface area contributed by atoms with Crippen LogP contribution in [0.3, 0.4) is 0 Å². The molecule has 0 aliphatic heterocycles. The maximum atomic E-state index is 11.2. The van der Waals surface area contributed by atoms with Gasteiger partial charge in [0, 0.05) is 18.3 Å². The van der Waals surface area contributed by atoms with Crippen LogP contribution in [-0.4, -0.2) is 23.0 Å². The van der Waals surface area contributed by atoms with Crippen molar-refractivity contribution in [3.63, 3.8) is 0 Å². The number of carbonyl (C=O) groups is 1. The maximum Gasteiger partial charge on any atom is 0.252 e. The highest BCUT2D eigenvalue weighted by Crippen LogP contribution is 2.18. The number of anilines is 1. The van der Waals surface area contributed by atoms with Gasteiger partial charge in [0.1, 0.15) is 5.82 Å². The first-order chi connectivity index (χ1) is 7.52. The van der Waals surface area contributed by atoms with Crippen LogP contribution in [0.15, 0.2) is 18.3 Å². The Hall–Kier alpha value is -1.62. The van der Waals surface area contributed by atoms with Crippen molar-refractivity contribution in [2.75, 3.05) is 11.9 Å². The molecule has 0 spiro atoms. The lowest BCUT2D eigenvalue weighted by atomic mass is 9.99. The van der Waals surface area contributed by atoms with Crippen LogP contribution in [0.5, 0.6) is 0 Å². The van der Waals surface area contributed by atoms with Crippen LogP contribution in [0, 0.1) is 0 Å². The van der Waals surface area contributed by atoms with Gasteiger partial charge in [-0.2, -0.15) is 0 Å². The summed E-state index contributed by atoms with van der Waals surface area (Å²) in [6.07, 6.45) is 2.44. The number of amides is 1. The van der Waals surface area contributed by atoms with E-state index in [0.717, 1.165) is 6.42 Å². The molecule has 0 aliphatic rings. The number of hydrogen-bond donors (Lipinski definition) is 3. The van der Waals surface area contributed by atoms with Crippen LogP contribution in [0.2, 0.25) is 0 Å². The molecule has 0 aromatic carbocycles. The standard InChI is InChI=1S/C11H18N4O/c1-3-11(2,7-12)15-10-8(9(13)16)5-4-6-14-10/h4-6H,3,7,12H2,1-2H3,(H2,13,16)(H,14,15). The van der Waals surface area contributed by atoms with Crippen LogP contribution < -0.4 is 16.8 Å². The topological polar surface area (TPSA) is 94.0 Å². The molecule has 0 aliphatic carbocycles. The number of hydrogen-bond acceptors (Lipinski definition) is 4. The van der Waals surface area contributed by atoms with Crippen molar-refractivity contribution in [3.8, 4) is 0 Å². The molecule has 88 valence electrons. The second kappa shape index (κ2) is 4.94. The van der Waals surface area contributed by atoms with E-state index in [1.165, 1.54) is 0 Å². The lowest BCUT2D eigenvalue weighted by molar-refractivity contribution is 0.100. The second-order valence-corrected chi connectivity index (χ2v) is 4.01. The zero-order valence-corrected chi connectivity index (χ0v) is 9.66. The van der Waals surface area contributed by atoms with E-state index in [1.807, 2.05) is 13.8 Å². The molecule has 5 nitrogen and oxygen atoms in total. The SMILES string of the molecule is CCC(C)(CN)Nc1ncccc1C(N)=O. The number of nitrogens with two attached hydrogens (primary N) is 2. The third-order valence-electron chi connectivity index (χ3n) is 2.72. The van der Waals surface area contributed by atoms with Gasteiger partial charge >= 0.3 is 0 Å². The Labute approximate surface area is 95.2 Å². The van der Waals surface area contributed by atoms with Gasteiger partial charge in [-0.25, -0.2) is 4.98 Å². The van der Waals surface area contributed by atoms with Gasteiger partial charge in [0.2, 0.25) is 0 Å². The Kier molecular flexibility index (Phi) is 3.84. The minimum absolute atomic E-state index is 0.279. The molecule has 1 aromatic rings. The van der Waals surface area contributed by atoms with E-state index < -0.39 is 5.91 Å². The third kappa shape index (κ3) is 2.70. The van der Waals surface area contributed by atoms with Crippen LogP contribution in [0.25, 0.3) is 0 Å². The normalized spacial score (nSPS) is 14.2. The average molecular weight is 222 g/mol. The lowest BCUT2D eigenvalue weighted by Crippen LogP contribution is -2.42. The number of pyridine rings is 1. The molecule has 0 radical (unpaired) electrons. The molecule has 1 aromatic heterocycles. The summed E-state index contributed by atoms with van der Waals surface area (Å²) in [5, 5.41) is 3.17. The van der Waals surface area contributed by atoms with Crippen molar-refractivity contribution in [2.24, 2.45) is 11.5 Å². The van der Waals surface area contributed by atoms with E-state index in [1.54, 1.807) is 18.3 Å². The van der Waals surface area contributed by atoms with Crippen LogP contribution in [0.1, 0.15) is 30.6 Å². The lowest BCUT2D eigenvalue weighted by Gasteiger charge is -2.29. The van der Waals surface area contributed by atoms with Gasteiger partial charge in [0.25, 0.3) is 5.91 Å². The predicted octanol–water partition coefficient (Wildman–Crippen LogP) is 0.720. The minimum atomic E-state index is -0.494. The smallest absolute Gasteiger partial charge is 0.252 e. The van der Waals surface area contributed by atoms with Gasteiger partial charge in [-0.05, 0) is 25.5 Å². The zero-order chi connectivity index (χ0) is 12.2. The van der Waals surface area contributed by atoms with Crippen molar-refractivity contribution in [1.29, 1.82) is 0 Å². The monoisotopic (exact) mass is 222 g/mol. The van der Waals surface area contributed by atoms with Crippen molar-refractivity contribution >= 4 is 11.7 Å². The summed E-state index contributed by atoms with van der Waals surface area (Å²) in [4.78, 5) is 15.3. The molecule has 5 N–H and O–H groups in total. The fourth-order valence-electron chi connectivity index (χ4n) is 1.27. The number of nitrogens with one attached hydrogen (secondary N) is 1. The first-order valence-corrected chi connectivity index (χ1v) is 5.25. The van der Waals surface area contributed by atoms with E-state index in [2.05, 4.69) is 10.3 Å². The number of carbonyl (C=O) groups excluding carboxylic acids is 1. The second-order valence-electron chi connectivity index (χ2n) is 4.01. The Balaban J connectivity index is 3.01. The summed E-state index contributed by atoms with van der Waals surface area (Å²) in [6.45, 7) is 4.46. The predicted molar refractivity (Wildman–Crippen MR) is 64.1 cm³/mol. The van der Waals surface area contributed by atoms with Crippen LogP contribution in [-0.2, 0) is 0 Å². The van der Waals surface area contributed by atoms with Gasteiger partial charge in [-0.1, -0.05) is 6.92 Å². The molecule has 1 atom stereocenters. The summed E-state index contributed by atoms with van der Waals surface area (Å²) in [6, 6.07) is 3.32. The number of aromatic nitrogens is 1. The molecule has 0 bridgehead atoms. The number of nitrogens with zero attached hydrogens (tertiary/aromatic N) is 1. The van der Waals surface area contributed by atoms with Crippen molar-refractivity contribution in [2.45, 2.75) is 25.8 Å². The molecular weight excluding hydrogens is 204 g/mol.